The standard InChI is InChI=1S/C29H29ClN2O8S/c1-32(2)22-21-24(35)18-15(11-41-10-12-6-8-13(30)9-7-12)14-4-3-5-16(33)17(14)23(34)19(18)26(37)29(21,40)27(38)20(25(22)36)28(31)39/h3-9,15,18,21-22,24,33-35,38,40H,10-11H2,1-2H3,(H2,31,39)/t15-,18+,21+,22-,24-,29-/m0/s1. The number of likely N-dealkylation sites (N-methyl/N-ethyl adjacent to an activating group) is 1. The van der Waals surface area contributed by atoms with Gasteiger partial charge in [-0.15, -0.1) is 0 Å². The van der Waals surface area contributed by atoms with Crippen LogP contribution in [0.4, 0.5) is 0 Å². The summed E-state index contributed by atoms with van der Waals surface area (Å²) in [5, 5.41) is 57.4. The van der Waals surface area contributed by atoms with Gasteiger partial charge in [0.25, 0.3) is 5.91 Å². The Kier molecular flexibility index (Phi) is 7.46. The van der Waals surface area contributed by atoms with Gasteiger partial charge in [0, 0.05) is 33.9 Å². The number of phenolic OH excluding ortho intramolecular Hbond substituents is 1. The van der Waals surface area contributed by atoms with Crippen LogP contribution < -0.4 is 5.73 Å². The van der Waals surface area contributed by atoms with Crippen molar-refractivity contribution in [3.63, 3.8) is 0 Å². The number of hydrogen-bond acceptors (Lipinski definition) is 10. The van der Waals surface area contributed by atoms with Crippen LogP contribution >= 0.6 is 23.4 Å². The SMILES string of the molecule is CN(C)[C@@H]1C(=O)C(C(N)=O)=C(O)[C@@]2(O)C(=O)C3=C(O)c4c(O)cccc4[C@H](CSCc4ccc(Cl)cc4)[C@H]3[C@H](O)[C@@H]12. The summed E-state index contributed by atoms with van der Waals surface area (Å²) in [6.45, 7) is 0. The van der Waals surface area contributed by atoms with Gasteiger partial charge in [-0.1, -0.05) is 35.9 Å². The molecule has 0 saturated heterocycles. The Labute approximate surface area is 244 Å². The second-order valence-electron chi connectivity index (χ2n) is 10.7. The summed E-state index contributed by atoms with van der Waals surface area (Å²) in [4.78, 5) is 41.1. The second-order valence-corrected chi connectivity index (χ2v) is 12.2. The number of benzene rings is 2. The molecule has 2 aromatic rings. The Bertz CT molecular complexity index is 1520. The lowest BCUT2D eigenvalue weighted by Crippen LogP contribution is -2.70. The number of Topliss-reactive ketones (excluding diaryl/α,β-unsaturated/α-hetero) is 2. The summed E-state index contributed by atoms with van der Waals surface area (Å²) < 4.78 is 0. The van der Waals surface area contributed by atoms with E-state index in [9.17, 15) is 39.9 Å². The predicted molar refractivity (Wildman–Crippen MR) is 152 cm³/mol. The van der Waals surface area contributed by atoms with E-state index in [2.05, 4.69) is 0 Å². The first-order chi connectivity index (χ1) is 19.3. The third kappa shape index (κ3) is 4.34. The first-order valence-corrected chi connectivity index (χ1v) is 14.3. The number of primary amides is 1. The number of hydrogen-bond donors (Lipinski definition) is 6. The maximum atomic E-state index is 14.2. The Morgan fingerprint density at radius 1 is 1.10 bits per heavy atom. The van der Waals surface area contributed by atoms with E-state index in [1.807, 2.05) is 12.1 Å². The molecule has 41 heavy (non-hydrogen) atoms. The fourth-order valence-electron chi connectivity index (χ4n) is 6.48. The highest BCUT2D eigenvalue weighted by Gasteiger charge is 2.68. The number of ketones is 2. The van der Waals surface area contributed by atoms with Gasteiger partial charge in [0.15, 0.2) is 11.4 Å². The van der Waals surface area contributed by atoms with E-state index in [0.29, 0.717) is 22.1 Å². The lowest BCUT2D eigenvalue weighted by atomic mass is 9.54. The molecule has 1 fully saturated rings. The molecule has 0 aliphatic heterocycles. The van der Waals surface area contributed by atoms with Crippen molar-refractivity contribution in [3.8, 4) is 5.75 Å². The summed E-state index contributed by atoms with van der Waals surface area (Å²) >= 11 is 7.47. The van der Waals surface area contributed by atoms with Crippen molar-refractivity contribution in [2.75, 3.05) is 19.8 Å². The van der Waals surface area contributed by atoms with Gasteiger partial charge in [-0.25, -0.2) is 0 Å². The van der Waals surface area contributed by atoms with Crippen molar-refractivity contribution < 1.29 is 39.9 Å². The molecule has 216 valence electrons. The monoisotopic (exact) mass is 600 g/mol. The molecule has 1 amide bonds. The minimum Gasteiger partial charge on any atom is -0.508 e. The molecular formula is C29H29ClN2O8S. The maximum absolute atomic E-state index is 14.2. The van der Waals surface area contributed by atoms with Crippen LogP contribution in [0.1, 0.15) is 22.6 Å². The normalized spacial score (nSPS) is 29.4. The molecule has 10 nitrogen and oxygen atoms in total. The number of nitrogens with zero attached hydrogens (tertiary/aromatic N) is 1. The van der Waals surface area contributed by atoms with E-state index < -0.39 is 75.6 Å². The van der Waals surface area contributed by atoms with Crippen LogP contribution in [0.25, 0.3) is 5.76 Å². The molecular weight excluding hydrogens is 572 g/mol. The van der Waals surface area contributed by atoms with Crippen LogP contribution in [0.5, 0.6) is 5.75 Å². The number of aromatic hydroxyl groups is 1. The molecule has 0 unspecified atom stereocenters. The number of amides is 1. The average molecular weight is 601 g/mol. The first kappa shape index (κ1) is 29.2. The highest BCUT2D eigenvalue weighted by Crippen LogP contribution is 2.56. The van der Waals surface area contributed by atoms with E-state index in [1.165, 1.54) is 36.8 Å². The van der Waals surface area contributed by atoms with E-state index >= 15 is 0 Å². The summed E-state index contributed by atoms with van der Waals surface area (Å²) in [6, 6.07) is 10.4. The minimum absolute atomic E-state index is 0.0342. The molecule has 0 heterocycles. The first-order valence-electron chi connectivity index (χ1n) is 12.8. The highest BCUT2D eigenvalue weighted by molar-refractivity contribution is 7.98. The molecule has 0 aromatic heterocycles. The smallest absolute Gasteiger partial charge is 0.255 e. The maximum Gasteiger partial charge on any atom is 0.255 e. The number of phenols is 1. The molecule has 12 heteroatoms. The molecule has 2 aromatic carbocycles. The van der Waals surface area contributed by atoms with Crippen molar-refractivity contribution in [2.45, 2.75) is 29.4 Å². The van der Waals surface area contributed by atoms with Crippen LogP contribution in [-0.4, -0.2) is 85.5 Å². The van der Waals surface area contributed by atoms with Gasteiger partial charge in [0.05, 0.1) is 23.6 Å². The fourth-order valence-corrected chi connectivity index (χ4v) is 7.79. The number of aliphatic hydroxyl groups is 4. The average Bonchev–Trinajstić information content (AvgIpc) is 2.90. The Morgan fingerprint density at radius 3 is 2.37 bits per heavy atom. The number of fused-ring (bicyclic) bond motifs is 3. The largest absolute Gasteiger partial charge is 0.508 e. The van der Waals surface area contributed by atoms with E-state index in [0.717, 1.165) is 5.56 Å². The van der Waals surface area contributed by atoms with E-state index in [-0.39, 0.29) is 11.3 Å². The van der Waals surface area contributed by atoms with Crippen LogP contribution in [-0.2, 0) is 20.1 Å². The topological polar surface area (TPSA) is 182 Å². The van der Waals surface area contributed by atoms with Crippen molar-refractivity contribution in [3.05, 3.63) is 81.1 Å². The number of thioether (sulfide) groups is 1. The third-order valence-corrected chi connectivity index (χ3v) is 9.66. The van der Waals surface area contributed by atoms with Gasteiger partial charge < -0.3 is 31.3 Å². The van der Waals surface area contributed by atoms with Crippen LogP contribution in [0.3, 0.4) is 0 Å². The zero-order valence-electron chi connectivity index (χ0n) is 22.1. The summed E-state index contributed by atoms with van der Waals surface area (Å²) in [7, 11) is 2.94. The molecule has 0 spiro atoms. The van der Waals surface area contributed by atoms with Gasteiger partial charge in [-0.2, -0.15) is 11.8 Å². The van der Waals surface area contributed by atoms with Gasteiger partial charge in [-0.3, -0.25) is 19.3 Å². The third-order valence-electron chi connectivity index (χ3n) is 8.28. The molecule has 0 radical (unpaired) electrons. The molecule has 3 aliphatic rings. The van der Waals surface area contributed by atoms with Crippen LogP contribution in [0.15, 0.2) is 59.4 Å². The predicted octanol–water partition coefficient (Wildman–Crippen LogP) is 2.06. The van der Waals surface area contributed by atoms with Gasteiger partial charge in [-0.05, 0) is 43.4 Å². The van der Waals surface area contributed by atoms with E-state index in [1.54, 1.807) is 24.3 Å². The Balaban J connectivity index is 1.67. The Morgan fingerprint density at radius 2 is 1.76 bits per heavy atom. The molecule has 3 aliphatic carbocycles. The number of rotatable bonds is 6. The summed E-state index contributed by atoms with van der Waals surface area (Å²) in [6.07, 6.45) is -1.65. The van der Waals surface area contributed by atoms with Crippen molar-refractivity contribution in [2.24, 2.45) is 17.6 Å². The van der Waals surface area contributed by atoms with Crippen LogP contribution in [0.2, 0.25) is 5.02 Å². The van der Waals surface area contributed by atoms with Crippen molar-refractivity contribution >= 4 is 46.6 Å². The van der Waals surface area contributed by atoms with E-state index in [4.69, 9.17) is 17.3 Å². The number of aliphatic hydroxyl groups excluding tert-OH is 3. The van der Waals surface area contributed by atoms with Gasteiger partial charge >= 0.3 is 0 Å². The Hall–Kier alpha value is -3.35. The highest BCUT2D eigenvalue weighted by atomic mass is 35.5. The van der Waals surface area contributed by atoms with Crippen molar-refractivity contribution in [1.82, 2.24) is 4.90 Å². The fraction of sp³-hybridized carbons (Fsp3) is 0.345. The van der Waals surface area contributed by atoms with Gasteiger partial charge in [0.2, 0.25) is 5.78 Å². The van der Waals surface area contributed by atoms with Gasteiger partial charge in [0.1, 0.15) is 22.8 Å². The number of carbonyl (C=O) groups is 3. The quantitative estimate of drug-likeness (QED) is 0.268. The number of nitrogens with two attached hydrogens (primary N) is 1. The summed E-state index contributed by atoms with van der Waals surface area (Å²) in [5.74, 6) is -8.27. The zero-order chi connectivity index (χ0) is 30.0. The lowest BCUT2D eigenvalue weighted by molar-refractivity contribution is -0.169. The summed E-state index contributed by atoms with van der Waals surface area (Å²) in [5.41, 5.74) is 2.46. The van der Waals surface area contributed by atoms with Crippen molar-refractivity contribution in [1.29, 1.82) is 0 Å². The number of halogens is 1. The molecule has 7 N–H and O–H groups in total. The van der Waals surface area contributed by atoms with Crippen LogP contribution in [0, 0.1) is 11.8 Å². The number of carbonyl (C=O) groups excluding carboxylic acids is 3. The lowest BCUT2D eigenvalue weighted by Gasteiger charge is -2.54. The molecule has 5 rings (SSSR count). The molecule has 1 saturated carbocycles. The second kappa shape index (κ2) is 10.5. The minimum atomic E-state index is -2.95. The molecule has 0 bridgehead atoms. The zero-order valence-corrected chi connectivity index (χ0v) is 23.7. The molecule has 6 atom stereocenters.